The Hall–Kier alpha value is -1.39. The van der Waals surface area contributed by atoms with Crippen LogP contribution in [0.4, 0.5) is 0 Å². The van der Waals surface area contributed by atoms with E-state index in [0.29, 0.717) is 24.5 Å². The fraction of sp³-hybridized carbons (Fsp3) is 0.533. The Labute approximate surface area is 114 Å². The second-order valence-electron chi connectivity index (χ2n) is 4.80. The van der Waals surface area contributed by atoms with Crippen LogP contribution in [0.5, 0.6) is 5.75 Å². The Balaban J connectivity index is 2.07. The van der Waals surface area contributed by atoms with Crippen molar-refractivity contribution in [3.05, 3.63) is 29.8 Å². The fourth-order valence-corrected chi connectivity index (χ4v) is 2.56. The molecule has 0 saturated carbocycles. The maximum absolute atomic E-state index is 12.4. The van der Waals surface area contributed by atoms with E-state index in [1.807, 2.05) is 25.1 Å². The molecule has 1 unspecified atom stereocenters. The van der Waals surface area contributed by atoms with Crippen LogP contribution in [0.3, 0.4) is 0 Å². The summed E-state index contributed by atoms with van der Waals surface area (Å²) < 4.78 is 5.49. The minimum absolute atomic E-state index is 0.0596. The quantitative estimate of drug-likeness (QED) is 0.794. The third-order valence-electron chi connectivity index (χ3n) is 3.54. The van der Waals surface area contributed by atoms with Crippen molar-refractivity contribution in [2.24, 2.45) is 0 Å². The van der Waals surface area contributed by atoms with Crippen LogP contribution in [-0.4, -0.2) is 48.1 Å². The molecule has 1 aliphatic rings. The first-order valence-electron chi connectivity index (χ1n) is 6.86. The van der Waals surface area contributed by atoms with Crippen molar-refractivity contribution in [1.29, 1.82) is 0 Å². The second kappa shape index (κ2) is 6.68. The van der Waals surface area contributed by atoms with E-state index in [1.165, 1.54) is 0 Å². The smallest absolute Gasteiger partial charge is 0.180 e. The summed E-state index contributed by atoms with van der Waals surface area (Å²) in [6.07, 6.45) is 2.02. The Kier molecular flexibility index (Phi) is 4.93. The molecule has 1 saturated heterocycles. The van der Waals surface area contributed by atoms with E-state index in [4.69, 9.17) is 4.74 Å². The number of aliphatic hydroxyl groups excluding tert-OH is 1. The second-order valence-corrected chi connectivity index (χ2v) is 4.80. The molecule has 0 aromatic heterocycles. The molecule has 0 bridgehead atoms. The summed E-state index contributed by atoms with van der Waals surface area (Å²) in [5.41, 5.74) is 0.632. The molecule has 1 aliphatic heterocycles. The molecule has 4 nitrogen and oxygen atoms in total. The summed E-state index contributed by atoms with van der Waals surface area (Å²) in [5.74, 6) is 0.708. The first kappa shape index (κ1) is 14.0. The van der Waals surface area contributed by atoms with E-state index in [9.17, 15) is 9.90 Å². The predicted molar refractivity (Wildman–Crippen MR) is 73.6 cm³/mol. The Bertz CT molecular complexity index is 433. The van der Waals surface area contributed by atoms with Gasteiger partial charge in [0.25, 0.3) is 0 Å². The number of hydrogen-bond acceptors (Lipinski definition) is 4. The molecule has 19 heavy (non-hydrogen) atoms. The standard InChI is InChI=1S/C15H21NO3/c1-2-19-15-8-4-3-7-13(15)14(18)10-16-9-5-6-12(16)11-17/h3-4,7-8,12,17H,2,5-6,9-11H2,1H3. The van der Waals surface area contributed by atoms with Gasteiger partial charge < -0.3 is 9.84 Å². The summed E-state index contributed by atoms with van der Waals surface area (Å²) in [4.78, 5) is 14.4. The summed E-state index contributed by atoms with van der Waals surface area (Å²) in [6.45, 7) is 3.82. The lowest BCUT2D eigenvalue weighted by atomic mass is 10.1. The minimum Gasteiger partial charge on any atom is -0.493 e. The zero-order valence-corrected chi connectivity index (χ0v) is 11.3. The molecular weight excluding hydrogens is 242 g/mol. The van der Waals surface area contributed by atoms with Gasteiger partial charge in [-0.2, -0.15) is 0 Å². The Morgan fingerprint density at radius 3 is 3.00 bits per heavy atom. The van der Waals surface area contributed by atoms with Crippen molar-refractivity contribution >= 4 is 5.78 Å². The van der Waals surface area contributed by atoms with Gasteiger partial charge in [-0.15, -0.1) is 0 Å². The van der Waals surface area contributed by atoms with Gasteiger partial charge in [0.1, 0.15) is 5.75 Å². The molecular formula is C15H21NO3. The Morgan fingerprint density at radius 2 is 2.26 bits per heavy atom. The molecule has 1 atom stereocenters. The van der Waals surface area contributed by atoms with Gasteiger partial charge in [0.2, 0.25) is 0 Å². The number of likely N-dealkylation sites (tertiary alicyclic amines) is 1. The predicted octanol–water partition coefficient (Wildman–Crippen LogP) is 1.72. The highest BCUT2D eigenvalue weighted by molar-refractivity contribution is 6.00. The van der Waals surface area contributed by atoms with Crippen molar-refractivity contribution in [2.45, 2.75) is 25.8 Å². The van der Waals surface area contributed by atoms with Crippen LogP contribution in [0.1, 0.15) is 30.1 Å². The molecule has 1 fully saturated rings. The molecule has 1 aromatic carbocycles. The largest absolute Gasteiger partial charge is 0.493 e. The van der Waals surface area contributed by atoms with Crippen LogP contribution in [0.15, 0.2) is 24.3 Å². The average molecular weight is 263 g/mol. The van der Waals surface area contributed by atoms with Gasteiger partial charge in [0, 0.05) is 6.04 Å². The number of benzene rings is 1. The van der Waals surface area contributed by atoms with Crippen molar-refractivity contribution in [2.75, 3.05) is 26.3 Å². The van der Waals surface area contributed by atoms with Crippen LogP contribution >= 0.6 is 0 Å². The van der Waals surface area contributed by atoms with Crippen LogP contribution < -0.4 is 4.74 Å². The van der Waals surface area contributed by atoms with Crippen molar-refractivity contribution in [1.82, 2.24) is 4.90 Å². The monoisotopic (exact) mass is 263 g/mol. The Morgan fingerprint density at radius 1 is 1.47 bits per heavy atom. The van der Waals surface area contributed by atoms with Crippen LogP contribution in [0, 0.1) is 0 Å². The van der Waals surface area contributed by atoms with Crippen LogP contribution in [-0.2, 0) is 0 Å². The molecule has 2 rings (SSSR count). The topological polar surface area (TPSA) is 49.8 Å². The SMILES string of the molecule is CCOc1ccccc1C(=O)CN1CCCC1CO. The van der Waals surface area contributed by atoms with Gasteiger partial charge in [-0.3, -0.25) is 9.69 Å². The summed E-state index contributed by atoms with van der Waals surface area (Å²) in [6, 6.07) is 7.47. The molecule has 0 aliphatic carbocycles. The minimum atomic E-state index is 0.0596. The lowest BCUT2D eigenvalue weighted by molar-refractivity contribution is 0.0884. The number of para-hydroxylation sites is 1. The molecule has 1 heterocycles. The van der Waals surface area contributed by atoms with Crippen molar-refractivity contribution in [3.63, 3.8) is 0 Å². The van der Waals surface area contributed by atoms with Gasteiger partial charge in [-0.05, 0) is 38.4 Å². The van der Waals surface area contributed by atoms with Crippen LogP contribution in [0.2, 0.25) is 0 Å². The number of aliphatic hydroxyl groups is 1. The van der Waals surface area contributed by atoms with Gasteiger partial charge in [-0.1, -0.05) is 12.1 Å². The molecule has 0 spiro atoms. The number of ether oxygens (including phenoxy) is 1. The molecule has 104 valence electrons. The molecule has 0 radical (unpaired) electrons. The lowest BCUT2D eigenvalue weighted by Gasteiger charge is -2.22. The maximum atomic E-state index is 12.4. The summed E-state index contributed by atoms with van der Waals surface area (Å²) in [5, 5.41) is 9.28. The lowest BCUT2D eigenvalue weighted by Crippen LogP contribution is -2.36. The van der Waals surface area contributed by atoms with Gasteiger partial charge >= 0.3 is 0 Å². The van der Waals surface area contributed by atoms with E-state index in [0.717, 1.165) is 19.4 Å². The van der Waals surface area contributed by atoms with E-state index in [2.05, 4.69) is 4.90 Å². The molecule has 0 amide bonds. The summed E-state index contributed by atoms with van der Waals surface area (Å²) >= 11 is 0. The van der Waals surface area contributed by atoms with E-state index in [1.54, 1.807) is 6.07 Å². The zero-order chi connectivity index (χ0) is 13.7. The first-order chi connectivity index (χ1) is 9.26. The summed E-state index contributed by atoms with van der Waals surface area (Å²) in [7, 11) is 0. The van der Waals surface area contributed by atoms with Gasteiger partial charge in [0.05, 0.1) is 25.3 Å². The average Bonchev–Trinajstić information content (AvgIpc) is 2.87. The first-order valence-corrected chi connectivity index (χ1v) is 6.86. The normalized spacial score (nSPS) is 19.6. The number of Topliss-reactive ketones (excluding diaryl/α,β-unsaturated/α-hetero) is 1. The molecule has 1 aromatic rings. The van der Waals surface area contributed by atoms with E-state index >= 15 is 0 Å². The number of hydrogen-bond donors (Lipinski definition) is 1. The highest BCUT2D eigenvalue weighted by Crippen LogP contribution is 2.21. The van der Waals surface area contributed by atoms with Crippen molar-refractivity contribution in [3.8, 4) is 5.75 Å². The number of ketones is 1. The van der Waals surface area contributed by atoms with E-state index < -0.39 is 0 Å². The third kappa shape index (κ3) is 3.33. The van der Waals surface area contributed by atoms with Crippen LogP contribution in [0.25, 0.3) is 0 Å². The third-order valence-corrected chi connectivity index (χ3v) is 3.54. The number of nitrogens with zero attached hydrogens (tertiary/aromatic N) is 1. The number of carbonyl (C=O) groups is 1. The maximum Gasteiger partial charge on any atom is 0.180 e. The van der Waals surface area contributed by atoms with Gasteiger partial charge in [-0.25, -0.2) is 0 Å². The van der Waals surface area contributed by atoms with Gasteiger partial charge in [0.15, 0.2) is 5.78 Å². The highest BCUT2D eigenvalue weighted by Gasteiger charge is 2.26. The van der Waals surface area contributed by atoms with Crippen molar-refractivity contribution < 1.29 is 14.6 Å². The molecule has 1 N–H and O–H groups in total. The molecule has 4 heteroatoms. The van der Waals surface area contributed by atoms with E-state index in [-0.39, 0.29) is 18.4 Å². The number of rotatable bonds is 6. The zero-order valence-electron chi connectivity index (χ0n) is 11.3. The highest BCUT2D eigenvalue weighted by atomic mass is 16.5. The fourth-order valence-electron chi connectivity index (χ4n) is 2.56. The number of carbonyl (C=O) groups excluding carboxylic acids is 1.